The predicted molar refractivity (Wildman–Crippen MR) is 86.1 cm³/mol. The molecule has 1 unspecified atom stereocenters. The molecule has 3 nitrogen and oxygen atoms in total. The molecule has 1 aliphatic rings. The normalized spacial score (nSPS) is 19.1. The Balaban J connectivity index is 2.00. The first-order valence-corrected chi connectivity index (χ1v) is 7.93. The number of hydrogen-bond donors (Lipinski definition) is 1. The highest BCUT2D eigenvalue weighted by Gasteiger charge is 2.22. The average Bonchev–Trinajstić information content (AvgIpc) is 2.46. The highest BCUT2D eigenvalue weighted by atomic mass is 35.5. The Hall–Kier alpha value is -0.680. The zero-order valence-corrected chi connectivity index (χ0v) is 13.6. The molecular weight excluding hydrogens is 289 g/mol. The molecule has 0 aliphatic carbocycles. The lowest BCUT2D eigenvalue weighted by molar-refractivity contribution is 0.151. The second kappa shape index (κ2) is 7.54. The van der Waals surface area contributed by atoms with Crippen molar-refractivity contribution in [1.82, 2.24) is 9.80 Å². The molecule has 1 aromatic rings. The summed E-state index contributed by atoms with van der Waals surface area (Å²) in [6.45, 7) is 3.85. The Morgan fingerprint density at radius 3 is 2.67 bits per heavy atom. The largest absolute Gasteiger partial charge is 0.329 e. The fourth-order valence-corrected chi connectivity index (χ4v) is 3.26. The third-order valence-corrected chi connectivity index (χ3v) is 4.76. The first kappa shape index (κ1) is 16.7. The topological polar surface area (TPSA) is 32.5 Å². The van der Waals surface area contributed by atoms with E-state index in [1.165, 1.54) is 18.9 Å². The van der Waals surface area contributed by atoms with Crippen molar-refractivity contribution in [3.05, 3.63) is 34.6 Å². The van der Waals surface area contributed by atoms with Gasteiger partial charge in [-0.15, -0.1) is 0 Å². The minimum atomic E-state index is -0.380. The van der Waals surface area contributed by atoms with E-state index in [9.17, 15) is 4.39 Å². The van der Waals surface area contributed by atoms with E-state index in [0.717, 1.165) is 25.2 Å². The molecule has 2 rings (SSSR count). The van der Waals surface area contributed by atoms with Crippen LogP contribution in [-0.4, -0.2) is 50.1 Å². The lowest BCUT2D eigenvalue weighted by Crippen LogP contribution is -2.38. The first-order valence-electron chi connectivity index (χ1n) is 7.55. The minimum absolute atomic E-state index is 0.0859. The molecule has 0 amide bonds. The Kier molecular flexibility index (Phi) is 5.99. The highest BCUT2D eigenvalue weighted by molar-refractivity contribution is 6.30. The van der Waals surface area contributed by atoms with Crippen molar-refractivity contribution >= 4 is 11.6 Å². The van der Waals surface area contributed by atoms with Crippen LogP contribution >= 0.6 is 11.6 Å². The van der Waals surface area contributed by atoms with Crippen molar-refractivity contribution in [3.8, 4) is 0 Å². The summed E-state index contributed by atoms with van der Waals surface area (Å²) in [7, 11) is 4.26. The molecule has 118 valence electrons. The van der Waals surface area contributed by atoms with Gasteiger partial charge in [-0.1, -0.05) is 17.7 Å². The van der Waals surface area contributed by atoms with E-state index in [1.54, 1.807) is 12.1 Å². The molecule has 0 saturated carbocycles. The van der Waals surface area contributed by atoms with Crippen molar-refractivity contribution in [2.45, 2.75) is 18.9 Å². The second-order valence-electron chi connectivity index (χ2n) is 6.11. The van der Waals surface area contributed by atoms with Crippen LogP contribution in [0.4, 0.5) is 4.39 Å². The van der Waals surface area contributed by atoms with Crippen molar-refractivity contribution < 1.29 is 4.39 Å². The molecule has 1 heterocycles. The van der Waals surface area contributed by atoms with Gasteiger partial charge in [0.2, 0.25) is 0 Å². The fourth-order valence-electron chi connectivity index (χ4n) is 3.07. The maximum atomic E-state index is 13.3. The Morgan fingerprint density at radius 2 is 2.10 bits per heavy atom. The van der Waals surface area contributed by atoms with Gasteiger partial charge in [0.1, 0.15) is 5.82 Å². The van der Waals surface area contributed by atoms with Gasteiger partial charge in [0, 0.05) is 19.1 Å². The summed E-state index contributed by atoms with van der Waals surface area (Å²) in [4.78, 5) is 4.65. The molecule has 2 N–H and O–H groups in total. The zero-order chi connectivity index (χ0) is 15.4. The first-order chi connectivity index (χ1) is 10.0. The second-order valence-corrected chi connectivity index (χ2v) is 6.52. The van der Waals surface area contributed by atoms with Gasteiger partial charge in [-0.05, 0) is 63.6 Å². The molecule has 1 aromatic carbocycles. The molecule has 0 bridgehead atoms. The van der Waals surface area contributed by atoms with Gasteiger partial charge in [-0.25, -0.2) is 4.39 Å². The van der Waals surface area contributed by atoms with E-state index < -0.39 is 0 Å². The van der Waals surface area contributed by atoms with Crippen LogP contribution in [0.25, 0.3) is 0 Å². The monoisotopic (exact) mass is 313 g/mol. The number of likely N-dealkylation sites (N-methyl/N-ethyl adjacent to an activating group) is 1. The van der Waals surface area contributed by atoms with E-state index >= 15 is 0 Å². The Bertz CT molecular complexity index is 461. The fraction of sp³-hybridized carbons (Fsp3) is 0.625. The summed E-state index contributed by atoms with van der Waals surface area (Å²) in [6, 6.07) is 4.98. The minimum Gasteiger partial charge on any atom is -0.329 e. The van der Waals surface area contributed by atoms with Gasteiger partial charge in [-0.3, -0.25) is 4.90 Å². The molecular formula is C16H25ClFN3. The molecule has 1 saturated heterocycles. The van der Waals surface area contributed by atoms with Gasteiger partial charge >= 0.3 is 0 Å². The van der Waals surface area contributed by atoms with Gasteiger partial charge in [-0.2, -0.15) is 0 Å². The molecule has 0 spiro atoms. The summed E-state index contributed by atoms with van der Waals surface area (Å²) < 4.78 is 13.3. The summed E-state index contributed by atoms with van der Waals surface area (Å²) in [5, 5.41) is 0.165. The maximum absolute atomic E-state index is 13.3. The van der Waals surface area contributed by atoms with Crippen LogP contribution in [0.1, 0.15) is 24.4 Å². The zero-order valence-electron chi connectivity index (χ0n) is 12.9. The van der Waals surface area contributed by atoms with Crippen molar-refractivity contribution in [2.75, 3.05) is 40.3 Å². The number of halogens is 2. The quantitative estimate of drug-likeness (QED) is 0.907. The molecule has 1 atom stereocenters. The van der Waals surface area contributed by atoms with Crippen molar-refractivity contribution in [1.29, 1.82) is 0 Å². The Morgan fingerprint density at radius 1 is 1.43 bits per heavy atom. The molecule has 0 aromatic heterocycles. The number of nitrogens with zero attached hydrogens (tertiary/aromatic N) is 2. The van der Waals surface area contributed by atoms with Crippen LogP contribution < -0.4 is 5.73 Å². The molecule has 0 radical (unpaired) electrons. The Labute approximate surface area is 131 Å². The lowest BCUT2D eigenvalue weighted by atomic mass is 9.95. The van der Waals surface area contributed by atoms with Gasteiger partial charge < -0.3 is 10.6 Å². The van der Waals surface area contributed by atoms with Crippen molar-refractivity contribution in [3.63, 3.8) is 0 Å². The van der Waals surface area contributed by atoms with Crippen LogP contribution in [0.2, 0.25) is 5.02 Å². The summed E-state index contributed by atoms with van der Waals surface area (Å²) in [6.07, 6.45) is 2.45. The van der Waals surface area contributed by atoms with E-state index in [-0.39, 0.29) is 16.9 Å². The van der Waals surface area contributed by atoms with E-state index in [1.807, 2.05) is 0 Å². The number of rotatable bonds is 5. The molecule has 5 heteroatoms. The summed E-state index contributed by atoms with van der Waals surface area (Å²) in [5.41, 5.74) is 6.92. The van der Waals surface area contributed by atoms with Crippen LogP contribution in [-0.2, 0) is 0 Å². The van der Waals surface area contributed by atoms with E-state index in [0.29, 0.717) is 12.5 Å². The summed E-state index contributed by atoms with van der Waals surface area (Å²) >= 11 is 5.89. The third-order valence-electron chi connectivity index (χ3n) is 4.47. The van der Waals surface area contributed by atoms with Gasteiger partial charge in [0.15, 0.2) is 0 Å². The number of piperidine rings is 1. The van der Waals surface area contributed by atoms with Crippen LogP contribution in [0.15, 0.2) is 18.2 Å². The van der Waals surface area contributed by atoms with Crippen LogP contribution in [0.5, 0.6) is 0 Å². The van der Waals surface area contributed by atoms with E-state index in [2.05, 4.69) is 23.9 Å². The molecule has 21 heavy (non-hydrogen) atoms. The number of likely N-dealkylation sites (tertiary alicyclic amines) is 1. The lowest BCUT2D eigenvalue weighted by Gasteiger charge is -2.35. The van der Waals surface area contributed by atoms with Crippen LogP contribution in [0, 0.1) is 11.7 Å². The maximum Gasteiger partial charge on any atom is 0.141 e. The van der Waals surface area contributed by atoms with E-state index in [4.69, 9.17) is 17.3 Å². The standard InChI is InChI=1S/C16H25ClFN3/c1-20-7-5-12(6-8-20)11-21(2)16(10-19)13-3-4-15(18)14(17)9-13/h3-4,9,12,16H,5-8,10-11,19H2,1-2H3. The average molecular weight is 314 g/mol. The predicted octanol–water partition coefficient (Wildman–Crippen LogP) is 2.75. The number of benzene rings is 1. The number of nitrogens with two attached hydrogens (primary N) is 1. The SMILES string of the molecule is CN1CCC(CN(C)C(CN)c2ccc(F)c(Cl)c2)CC1. The van der Waals surface area contributed by atoms with Gasteiger partial charge in [0.25, 0.3) is 0 Å². The summed E-state index contributed by atoms with van der Waals surface area (Å²) in [5.74, 6) is 0.324. The van der Waals surface area contributed by atoms with Gasteiger partial charge in [0.05, 0.1) is 5.02 Å². The smallest absolute Gasteiger partial charge is 0.141 e. The van der Waals surface area contributed by atoms with Crippen molar-refractivity contribution in [2.24, 2.45) is 11.7 Å². The van der Waals surface area contributed by atoms with Crippen LogP contribution in [0.3, 0.4) is 0 Å². The third kappa shape index (κ3) is 4.39. The molecule has 1 aliphatic heterocycles. The number of hydrogen-bond acceptors (Lipinski definition) is 3. The highest BCUT2D eigenvalue weighted by Crippen LogP contribution is 2.26. The molecule has 1 fully saturated rings.